The van der Waals surface area contributed by atoms with Crippen molar-refractivity contribution in [2.45, 2.75) is 174 Å². The van der Waals surface area contributed by atoms with Crippen LogP contribution in [-0.2, 0) is 14.2 Å². The second kappa shape index (κ2) is 26.5. The van der Waals surface area contributed by atoms with E-state index in [-0.39, 0.29) is 16.9 Å². The minimum absolute atomic E-state index is 0.154. The Morgan fingerprint density at radius 1 is 0.646 bits per heavy atom. The largest absolute Gasteiger partial charge is 0.380 e. The summed E-state index contributed by atoms with van der Waals surface area (Å²) in [4.78, 5) is 5.82. The van der Waals surface area contributed by atoms with E-state index in [0.29, 0.717) is 22.9 Å². The number of ether oxygens (including phenoxy) is 3. The number of halogens is 2. The highest BCUT2D eigenvalue weighted by molar-refractivity contribution is 9.09. The van der Waals surface area contributed by atoms with Gasteiger partial charge in [-0.1, -0.05) is 159 Å². The van der Waals surface area contributed by atoms with E-state index >= 15 is 0 Å². The van der Waals surface area contributed by atoms with Gasteiger partial charge in [0.05, 0.1) is 50.9 Å². The predicted molar refractivity (Wildman–Crippen MR) is 331 cm³/mol. The Balaban J connectivity index is 0.000000142. The monoisotopic (exact) mass is 1250 g/mol. The van der Waals surface area contributed by atoms with Crippen molar-refractivity contribution in [2.75, 3.05) is 56.8 Å². The number of benzene rings is 2. The van der Waals surface area contributed by atoms with Gasteiger partial charge in [-0.25, -0.2) is 9.36 Å². The summed E-state index contributed by atoms with van der Waals surface area (Å²) < 4.78 is 19.8. The van der Waals surface area contributed by atoms with Gasteiger partial charge in [-0.05, 0) is 172 Å². The number of hydrogen-bond acceptors (Lipinski definition) is 10. The molecule has 10 aliphatic rings. The first-order valence-corrected chi connectivity index (χ1v) is 33.8. The molecule has 444 valence electrons. The number of azide groups is 1. The molecule has 82 heavy (non-hydrogen) atoms. The van der Waals surface area contributed by atoms with E-state index in [1.165, 1.54) is 89.9 Å². The molecule has 14 nitrogen and oxygen atoms in total. The summed E-state index contributed by atoms with van der Waals surface area (Å²) in [6.07, 6.45) is 31.1. The summed E-state index contributed by atoms with van der Waals surface area (Å²) in [5.74, 6) is 4.76. The van der Waals surface area contributed by atoms with Crippen molar-refractivity contribution in [1.82, 2.24) is 34.9 Å². The van der Waals surface area contributed by atoms with Crippen LogP contribution >= 0.6 is 31.9 Å². The fraction of sp³-hybridized carbons (Fsp3) is 0.697. The number of hydrogen-bond donors (Lipinski definition) is 1. The van der Waals surface area contributed by atoms with E-state index in [4.69, 9.17) is 24.8 Å². The molecule has 16 heteroatoms. The Labute approximate surface area is 505 Å². The van der Waals surface area contributed by atoms with Crippen LogP contribution < -0.4 is 0 Å². The number of aliphatic hydroxyl groups is 1. The van der Waals surface area contributed by atoms with Crippen LogP contribution in [-0.4, -0.2) is 115 Å². The van der Waals surface area contributed by atoms with Gasteiger partial charge in [0.15, 0.2) is 6.29 Å². The summed E-state index contributed by atoms with van der Waals surface area (Å²) >= 11 is 6.48. The second-order valence-corrected chi connectivity index (χ2v) is 28.4. The minimum atomic E-state index is -0.454. The van der Waals surface area contributed by atoms with Crippen LogP contribution in [0.2, 0.25) is 0 Å². The lowest BCUT2D eigenvalue weighted by Crippen LogP contribution is -2.53. The van der Waals surface area contributed by atoms with Crippen molar-refractivity contribution < 1.29 is 19.3 Å². The molecule has 14 rings (SSSR count). The number of allylic oxidation sites excluding steroid dienone is 2. The van der Waals surface area contributed by atoms with Crippen molar-refractivity contribution in [1.29, 1.82) is 0 Å². The van der Waals surface area contributed by atoms with Crippen molar-refractivity contribution in [3.05, 3.63) is 107 Å². The summed E-state index contributed by atoms with van der Waals surface area (Å²) in [5, 5.41) is 32.9. The van der Waals surface area contributed by atoms with Crippen LogP contribution in [0.4, 0.5) is 0 Å². The first-order valence-electron chi connectivity index (χ1n) is 31.6. The Kier molecular flexibility index (Phi) is 19.4. The van der Waals surface area contributed by atoms with E-state index in [1.807, 2.05) is 6.07 Å². The zero-order chi connectivity index (χ0) is 56.9. The molecule has 4 heterocycles. The molecule has 0 spiro atoms. The molecule has 0 bridgehead atoms. The molecule has 15 atom stereocenters. The molecule has 6 saturated carbocycles. The van der Waals surface area contributed by atoms with E-state index < -0.39 is 6.29 Å². The van der Waals surface area contributed by atoms with Gasteiger partial charge in [-0.2, -0.15) is 0 Å². The van der Waals surface area contributed by atoms with Crippen LogP contribution in [0.3, 0.4) is 0 Å². The minimum Gasteiger partial charge on any atom is -0.380 e. The molecule has 8 aliphatic carbocycles. The number of fused-ring (bicyclic) bond motifs is 10. The molecule has 2 aliphatic heterocycles. The van der Waals surface area contributed by atoms with Gasteiger partial charge in [0, 0.05) is 64.9 Å². The highest BCUT2D eigenvalue weighted by Gasteiger charge is 2.61. The lowest BCUT2D eigenvalue weighted by molar-refractivity contribution is -0.0589. The number of rotatable bonds is 10. The molecule has 0 amide bonds. The number of aliphatic hydroxyl groups excluding tert-OH is 1. The second-order valence-electron chi connectivity index (χ2n) is 26.8. The smallest absolute Gasteiger partial charge is 0.154 e. The molecular weight excluding hydrogens is 1160 g/mol. The van der Waals surface area contributed by atoms with Crippen molar-refractivity contribution >= 4 is 31.9 Å². The van der Waals surface area contributed by atoms with Crippen molar-refractivity contribution in [2.24, 2.45) is 62.3 Å². The molecule has 4 aromatic rings. The van der Waals surface area contributed by atoms with Gasteiger partial charge in [0.25, 0.3) is 0 Å². The van der Waals surface area contributed by atoms with E-state index in [9.17, 15) is 0 Å². The molecular formula is C66H92Br2N10O4. The summed E-state index contributed by atoms with van der Waals surface area (Å²) in [6.45, 7) is 16.7. The molecule has 2 saturated heterocycles. The van der Waals surface area contributed by atoms with Gasteiger partial charge >= 0.3 is 0 Å². The number of alkyl halides is 2. The van der Waals surface area contributed by atoms with Crippen LogP contribution in [0.5, 0.6) is 0 Å². The summed E-state index contributed by atoms with van der Waals surface area (Å²) in [6, 6.07) is 22.7. The summed E-state index contributed by atoms with van der Waals surface area (Å²) in [5.41, 5.74) is 17.9. The van der Waals surface area contributed by atoms with E-state index in [0.717, 1.165) is 147 Å². The van der Waals surface area contributed by atoms with Crippen LogP contribution in [0.25, 0.3) is 33.0 Å². The van der Waals surface area contributed by atoms with Crippen LogP contribution in [0, 0.1) is 57.2 Å². The highest BCUT2D eigenvalue weighted by Crippen LogP contribution is 2.69. The molecule has 7 unspecified atom stereocenters. The van der Waals surface area contributed by atoms with E-state index in [2.05, 4.69) is 184 Å². The maximum Gasteiger partial charge on any atom is 0.154 e. The van der Waals surface area contributed by atoms with Gasteiger partial charge < -0.3 is 19.3 Å². The molecule has 8 fully saturated rings. The number of morpholine rings is 1. The Hall–Kier alpha value is -3.73. The first kappa shape index (κ1) is 60.0. The third kappa shape index (κ3) is 12.2. The summed E-state index contributed by atoms with van der Waals surface area (Å²) in [7, 11) is 0. The Bertz CT molecular complexity index is 2830. The van der Waals surface area contributed by atoms with Gasteiger partial charge in [-0.15, -0.1) is 10.2 Å². The third-order valence-electron chi connectivity index (χ3n) is 23.0. The quantitative estimate of drug-likeness (QED) is 0.0407. The van der Waals surface area contributed by atoms with Crippen LogP contribution in [0.15, 0.2) is 101 Å². The average Bonchev–Trinajstić information content (AvgIpc) is 1.89. The third-order valence-corrected chi connectivity index (χ3v) is 23.6. The predicted octanol–water partition coefficient (Wildman–Crippen LogP) is 15.2. The van der Waals surface area contributed by atoms with Gasteiger partial charge in [0.2, 0.25) is 0 Å². The standard InChI is InChI=1S/C31H42N4O.C27H34N6.C4H8Br2O.C4H8O2/c1-30-14-12-24(34-16-18-36-19-17-34)20-23(30)8-9-25-26-10-11-29(31(26,2)15-13-27(25)30)35-21-28(32-33-35)22-6-4-3-5-7-22;1-26-14-12-20(29-31-28)16-19(26)8-9-21-22-10-11-25(27(22,2)15-13-23(21)26)33-17-24(30-32-33)18-6-4-3-5-7-18;5-1-3-7-4-2-6;5-4-2-1-3-6-4/h3-8,21,24-27,29H,9-20H2,1-2H3;3-8,17,20-23,25H,9-16H2,1-2H3;1-4H2;4-5H,1-3H2/t24-,25?,26?,27?,29-,30+,31+;20-,21?,22?,23?,25-,26+,27+;;/m11../s1. The van der Waals surface area contributed by atoms with Crippen molar-refractivity contribution in [3.8, 4) is 22.5 Å². The zero-order valence-corrected chi connectivity index (χ0v) is 52.6. The lowest BCUT2D eigenvalue weighted by atomic mass is 9.47. The molecule has 0 radical (unpaired) electrons. The maximum absolute atomic E-state index is 8.91. The number of nitrogens with zero attached hydrogens (tertiary/aromatic N) is 10. The zero-order valence-electron chi connectivity index (χ0n) is 49.4. The molecule has 2 aromatic carbocycles. The fourth-order valence-electron chi connectivity index (χ4n) is 18.6. The Morgan fingerprint density at radius 2 is 1.17 bits per heavy atom. The van der Waals surface area contributed by atoms with Gasteiger partial charge in [-0.3, -0.25) is 4.90 Å². The maximum atomic E-state index is 8.91. The Morgan fingerprint density at radius 3 is 1.65 bits per heavy atom. The SMILES string of the molecule is BrCCOCCBr.C[C@]12CC[C@@H](N3CCOCC3)CC1=CCC1C2CC[C@@]2(C)C1CC[C@H]2n1cc(-c2ccccc2)nn1.C[C@]12CC[C@@H](N=[N+]=[N-])CC1=CCC1C2CC[C@@]2(C)C1CC[C@H]2n1cc(-c2ccccc2)nn1.OC1CCCO1. The van der Waals surface area contributed by atoms with Gasteiger partial charge in [0.1, 0.15) is 11.4 Å². The number of aromatic nitrogens is 6. The average molecular weight is 1250 g/mol. The topological polar surface area (TPSA) is 161 Å². The normalized spacial score (nSPS) is 37.1. The first-order chi connectivity index (χ1) is 39.9. The fourth-order valence-corrected chi connectivity index (χ4v) is 19.1. The van der Waals surface area contributed by atoms with E-state index in [1.54, 1.807) is 11.1 Å². The highest BCUT2D eigenvalue weighted by atomic mass is 79.9. The molecule has 2 aromatic heterocycles. The molecule has 1 N–H and O–H groups in total. The van der Waals surface area contributed by atoms with Crippen LogP contribution in [0.1, 0.15) is 155 Å². The lowest BCUT2D eigenvalue weighted by Gasteiger charge is -2.58. The van der Waals surface area contributed by atoms with Crippen molar-refractivity contribution in [3.63, 3.8) is 0 Å².